The third-order valence-electron chi connectivity index (χ3n) is 2.23. The molecule has 0 fully saturated rings. The summed E-state index contributed by atoms with van der Waals surface area (Å²) < 4.78 is 5.04. The van der Waals surface area contributed by atoms with E-state index in [9.17, 15) is 9.59 Å². The van der Waals surface area contributed by atoms with Crippen LogP contribution >= 0.6 is 0 Å². The molecule has 0 amide bonds. The lowest BCUT2D eigenvalue weighted by atomic mass is 10.1. The van der Waals surface area contributed by atoms with E-state index in [2.05, 4.69) is 6.92 Å². The van der Waals surface area contributed by atoms with Crippen LogP contribution in [0.3, 0.4) is 0 Å². The summed E-state index contributed by atoms with van der Waals surface area (Å²) in [5.41, 5.74) is 0. The molecule has 0 aliphatic heterocycles. The van der Waals surface area contributed by atoms with Gasteiger partial charge in [-0.15, -0.1) is 0 Å². The maximum Gasteiger partial charge on any atom is 0.331 e. The first-order valence-electron chi connectivity index (χ1n) is 5.82. The second-order valence-electron chi connectivity index (χ2n) is 3.74. The Balaban J connectivity index is 4.04. The number of rotatable bonds is 9. The first-order chi connectivity index (χ1) is 8.10. The Morgan fingerprint density at radius 3 is 2.47 bits per heavy atom. The number of hydrogen-bond donors (Lipinski definition) is 2. The molecule has 0 radical (unpaired) electrons. The van der Waals surface area contributed by atoms with E-state index in [0.29, 0.717) is 12.8 Å². The summed E-state index contributed by atoms with van der Waals surface area (Å²) in [6.07, 6.45) is 5.41. The van der Waals surface area contributed by atoms with Crippen molar-refractivity contribution in [2.24, 2.45) is 0 Å². The summed E-state index contributed by atoms with van der Waals surface area (Å²) in [7, 11) is 0. The van der Waals surface area contributed by atoms with Gasteiger partial charge in [-0.2, -0.15) is 0 Å². The molecule has 0 heterocycles. The molecular formula is C12H20O5. The quantitative estimate of drug-likeness (QED) is 0.365. The largest absolute Gasteiger partial charge is 0.478 e. The summed E-state index contributed by atoms with van der Waals surface area (Å²) in [5.74, 6) is -1.87. The Morgan fingerprint density at radius 1 is 1.24 bits per heavy atom. The highest BCUT2D eigenvalue weighted by molar-refractivity contribution is 5.90. The van der Waals surface area contributed by atoms with E-state index in [-0.39, 0.29) is 12.7 Å². The third-order valence-corrected chi connectivity index (χ3v) is 2.23. The number of esters is 1. The smallest absolute Gasteiger partial charge is 0.331 e. The van der Waals surface area contributed by atoms with Crippen LogP contribution in [-0.4, -0.2) is 34.9 Å². The highest BCUT2D eigenvalue weighted by Crippen LogP contribution is 2.10. The molecule has 1 atom stereocenters. The maximum atomic E-state index is 11.2. The van der Waals surface area contributed by atoms with Crippen molar-refractivity contribution in [3.05, 3.63) is 12.2 Å². The van der Waals surface area contributed by atoms with Crippen molar-refractivity contribution < 1.29 is 24.5 Å². The predicted molar refractivity (Wildman–Crippen MR) is 62.5 cm³/mol. The molecule has 0 aromatic carbocycles. The van der Waals surface area contributed by atoms with E-state index in [1.165, 1.54) is 0 Å². The summed E-state index contributed by atoms with van der Waals surface area (Å²) in [6, 6.07) is 0. The first-order valence-corrected chi connectivity index (χ1v) is 5.82. The molecular weight excluding hydrogens is 224 g/mol. The minimum atomic E-state index is -1.19. The first kappa shape index (κ1) is 15.6. The van der Waals surface area contributed by atoms with E-state index in [0.717, 1.165) is 31.4 Å². The van der Waals surface area contributed by atoms with E-state index in [4.69, 9.17) is 14.9 Å². The van der Waals surface area contributed by atoms with Gasteiger partial charge in [-0.1, -0.05) is 19.8 Å². The molecule has 5 heteroatoms. The molecule has 0 saturated heterocycles. The van der Waals surface area contributed by atoms with E-state index in [1.54, 1.807) is 0 Å². The van der Waals surface area contributed by atoms with Gasteiger partial charge >= 0.3 is 11.9 Å². The van der Waals surface area contributed by atoms with Crippen LogP contribution in [0.5, 0.6) is 0 Å². The van der Waals surface area contributed by atoms with Crippen molar-refractivity contribution in [1.29, 1.82) is 0 Å². The van der Waals surface area contributed by atoms with E-state index >= 15 is 0 Å². The molecule has 0 aromatic rings. The summed E-state index contributed by atoms with van der Waals surface area (Å²) in [4.78, 5) is 21.4. The number of carbonyl (C=O) groups excluding carboxylic acids is 1. The molecule has 1 unspecified atom stereocenters. The standard InChI is InChI=1S/C12H20O5/c1-2-3-4-5-10(8-9-13)17-12(16)7-6-11(14)15/h6-7,10,13H,2-5,8-9H2,1H3,(H,14,15)/b7-6-. The van der Waals surface area contributed by atoms with Gasteiger partial charge in [0, 0.05) is 25.2 Å². The second-order valence-corrected chi connectivity index (χ2v) is 3.74. The monoisotopic (exact) mass is 244 g/mol. The van der Waals surface area contributed by atoms with Crippen LogP contribution in [0.1, 0.15) is 39.0 Å². The molecule has 2 N–H and O–H groups in total. The zero-order valence-electron chi connectivity index (χ0n) is 10.1. The van der Waals surface area contributed by atoms with Crippen LogP contribution < -0.4 is 0 Å². The van der Waals surface area contributed by atoms with Crippen molar-refractivity contribution >= 4 is 11.9 Å². The number of aliphatic hydroxyl groups is 1. The molecule has 0 aliphatic rings. The number of carboxylic acids is 1. The normalized spacial score (nSPS) is 12.6. The third kappa shape index (κ3) is 9.56. The minimum Gasteiger partial charge on any atom is -0.478 e. The molecule has 5 nitrogen and oxygen atoms in total. The van der Waals surface area contributed by atoms with Crippen LogP contribution in [-0.2, 0) is 14.3 Å². The summed E-state index contributed by atoms with van der Waals surface area (Å²) >= 11 is 0. The SMILES string of the molecule is CCCCCC(CCO)OC(=O)/C=C\C(=O)O. The van der Waals surface area contributed by atoms with Crippen LogP contribution in [0.15, 0.2) is 12.2 Å². The second kappa shape index (κ2) is 9.84. The summed E-state index contributed by atoms with van der Waals surface area (Å²) in [5, 5.41) is 17.2. The van der Waals surface area contributed by atoms with Crippen LogP contribution in [0.4, 0.5) is 0 Å². The molecule has 17 heavy (non-hydrogen) atoms. The summed E-state index contributed by atoms with van der Waals surface area (Å²) in [6.45, 7) is 2.02. The number of unbranched alkanes of at least 4 members (excludes halogenated alkanes) is 2. The number of carbonyl (C=O) groups is 2. The van der Waals surface area contributed by atoms with Crippen LogP contribution in [0, 0.1) is 0 Å². The van der Waals surface area contributed by atoms with Gasteiger partial charge in [-0.3, -0.25) is 0 Å². The number of aliphatic carboxylic acids is 1. The lowest BCUT2D eigenvalue weighted by molar-refractivity contribution is -0.144. The van der Waals surface area contributed by atoms with Gasteiger partial charge in [-0.05, 0) is 12.8 Å². The van der Waals surface area contributed by atoms with Crippen LogP contribution in [0.2, 0.25) is 0 Å². The number of hydrogen-bond acceptors (Lipinski definition) is 4. The highest BCUT2D eigenvalue weighted by atomic mass is 16.5. The highest BCUT2D eigenvalue weighted by Gasteiger charge is 2.12. The predicted octanol–water partition coefficient (Wildman–Crippen LogP) is 1.50. The number of ether oxygens (including phenoxy) is 1. The Kier molecular flexibility index (Phi) is 9.05. The average molecular weight is 244 g/mol. The van der Waals surface area contributed by atoms with Gasteiger partial charge in [0.05, 0.1) is 0 Å². The zero-order chi connectivity index (χ0) is 13.1. The van der Waals surface area contributed by atoms with Crippen molar-refractivity contribution in [3.8, 4) is 0 Å². The average Bonchev–Trinajstić information content (AvgIpc) is 2.27. The van der Waals surface area contributed by atoms with Gasteiger partial charge < -0.3 is 14.9 Å². The van der Waals surface area contributed by atoms with E-state index < -0.39 is 11.9 Å². The molecule has 98 valence electrons. The lowest BCUT2D eigenvalue weighted by Crippen LogP contribution is -2.18. The molecule has 0 bridgehead atoms. The van der Waals surface area contributed by atoms with Crippen molar-refractivity contribution in [2.75, 3.05) is 6.61 Å². The molecule has 0 aromatic heterocycles. The Morgan fingerprint density at radius 2 is 1.94 bits per heavy atom. The fourth-order valence-electron chi connectivity index (χ4n) is 1.37. The lowest BCUT2D eigenvalue weighted by Gasteiger charge is -2.15. The van der Waals surface area contributed by atoms with Crippen molar-refractivity contribution in [3.63, 3.8) is 0 Å². The van der Waals surface area contributed by atoms with Gasteiger partial charge in [0.2, 0.25) is 0 Å². The molecule has 0 aliphatic carbocycles. The Labute approximate surface area is 101 Å². The maximum absolute atomic E-state index is 11.2. The van der Waals surface area contributed by atoms with Crippen molar-refractivity contribution in [2.45, 2.75) is 45.1 Å². The van der Waals surface area contributed by atoms with Gasteiger partial charge in [0.1, 0.15) is 6.10 Å². The molecule has 0 spiro atoms. The Bertz CT molecular complexity index is 260. The topological polar surface area (TPSA) is 83.8 Å². The fraction of sp³-hybridized carbons (Fsp3) is 0.667. The number of aliphatic hydroxyl groups excluding tert-OH is 1. The number of carboxylic acid groups (broad SMARTS) is 1. The zero-order valence-corrected chi connectivity index (χ0v) is 10.1. The van der Waals surface area contributed by atoms with Gasteiger partial charge in [0.15, 0.2) is 0 Å². The van der Waals surface area contributed by atoms with Crippen molar-refractivity contribution in [1.82, 2.24) is 0 Å². The molecule has 0 rings (SSSR count). The Hall–Kier alpha value is -1.36. The van der Waals surface area contributed by atoms with Crippen LogP contribution in [0.25, 0.3) is 0 Å². The van der Waals surface area contributed by atoms with E-state index in [1.807, 2.05) is 0 Å². The minimum absolute atomic E-state index is 0.0489. The van der Waals surface area contributed by atoms with Gasteiger partial charge in [0.25, 0.3) is 0 Å². The molecule has 0 saturated carbocycles. The fourth-order valence-corrected chi connectivity index (χ4v) is 1.37. The van der Waals surface area contributed by atoms with Gasteiger partial charge in [-0.25, -0.2) is 9.59 Å².